The summed E-state index contributed by atoms with van der Waals surface area (Å²) in [6, 6.07) is 4.66. The molecule has 0 aliphatic carbocycles. The summed E-state index contributed by atoms with van der Waals surface area (Å²) in [7, 11) is -2.70. The first-order valence-corrected chi connectivity index (χ1v) is 10.4. The smallest absolute Gasteiger partial charge is 0.349 e. The Hall–Kier alpha value is -1.81. The first-order chi connectivity index (χ1) is 12.4. The zero-order valence-corrected chi connectivity index (χ0v) is 16.2. The molecule has 0 spiro atoms. The van der Waals surface area contributed by atoms with Gasteiger partial charge in [-0.15, -0.1) is 11.3 Å². The van der Waals surface area contributed by atoms with E-state index in [1.54, 1.807) is 12.1 Å². The van der Waals surface area contributed by atoms with Gasteiger partial charge in [-0.1, -0.05) is 11.6 Å². The Morgan fingerprint density at radius 1 is 1.35 bits per heavy atom. The van der Waals surface area contributed by atoms with E-state index >= 15 is 0 Å². The SMILES string of the molecule is COC(=O)c1sccc1S(=O)(=O)NCc1cc(Cl)c2c(c1)OCCCO2. The van der Waals surface area contributed by atoms with Gasteiger partial charge in [0.2, 0.25) is 10.0 Å². The van der Waals surface area contributed by atoms with Gasteiger partial charge < -0.3 is 14.2 Å². The van der Waals surface area contributed by atoms with Gasteiger partial charge in [0.1, 0.15) is 9.77 Å². The van der Waals surface area contributed by atoms with Gasteiger partial charge in [0.25, 0.3) is 0 Å². The number of carbonyl (C=O) groups excluding carboxylic acids is 1. The topological polar surface area (TPSA) is 90.9 Å². The molecule has 0 bridgehead atoms. The predicted octanol–water partition coefficient (Wildman–Crippen LogP) is 2.83. The van der Waals surface area contributed by atoms with E-state index < -0.39 is 16.0 Å². The molecule has 26 heavy (non-hydrogen) atoms. The lowest BCUT2D eigenvalue weighted by Gasteiger charge is -2.12. The molecule has 3 rings (SSSR count). The van der Waals surface area contributed by atoms with Crippen molar-refractivity contribution >= 4 is 38.9 Å². The highest BCUT2D eigenvalue weighted by molar-refractivity contribution is 7.89. The molecule has 7 nitrogen and oxygen atoms in total. The third-order valence-corrected chi connectivity index (χ3v) is 6.37. The number of hydrogen-bond donors (Lipinski definition) is 1. The zero-order chi connectivity index (χ0) is 18.7. The molecule has 0 fully saturated rings. The summed E-state index contributed by atoms with van der Waals surface area (Å²) in [6.07, 6.45) is 0.738. The van der Waals surface area contributed by atoms with Crippen molar-refractivity contribution in [3.8, 4) is 11.5 Å². The fraction of sp³-hybridized carbons (Fsp3) is 0.312. The minimum absolute atomic E-state index is 0.0187. The van der Waals surface area contributed by atoms with E-state index in [2.05, 4.69) is 9.46 Å². The number of carbonyl (C=O) groups is 1. The number of benzene rings is 1. The maximum absolute atomic E-state index is 12.5. The second-order valence-corrected chi connectivity index (χ2v) is 8.44. The Kier molecular flexibility index (Phi) is 5.71. The van der Waals surface area contributed by atoms with Crippen molar-refractivity contribution in [2.24, 2.45) is 0 Å². The predicted molar refractivity (Wildman–Crippen MR) is 96.7 cm³/mol. The van der Waals surface area contributed by atoms with Crippen molar-refractivity contribution in [1.82, 2.24) is 4.72 Å². The third kappa shape index (κ3) is 3.96. The highest BCUT2D eigenvalue weighted by Gasteiger charge is 2.25. The van der Waals surface area contributed by atoms with Crippen LogP contribution in [0.15, 0.2) is 28.5 Å². The maximum atomic E-state index is 12.5. The molecule has 2 heterocycles. The fourth-order valence-corrected chi connectivity index (χ4v) is 5.03. The average Bonchev–Trinajstić information content (AvgIpc) is 3.00. The monoisotopic (exact) mass is 417 g/mol. The number of esters is 1. The first kappa shape index (κ1) is 19.0. The number of ether oxygens (including phenoxy) is 3. The Bertz CT molecular complexity index is 925. The van der Waals surface area contributed by atoms with Crippen LogP contribution in [0.3, 0.4) is 0 Å². The minimum Gasteiger partial charge on any atom is -0.489 e. The largest absolute Gasteiger partial charge is 0.489 e. The van der Waals surface area contributed by atoms with Crippen LogP contribution in [0.2, 0.25) is 5.02 Å². The summed E-state index contributed by atoms with van der Waals surface area (Å²) < 4.78 is 43.3. The summed E-state index contributed by atoms with van der Waals surface area (Å²) in [5.41, 5.74) is 0.609. The van der Waals surface area contributed by atoms with E-state index in [1.165, 1.54) is 18.6 Å². The standard InChI is InChI=1S/C16H16ClNO6S2/c1-22-16(19)15-13(3-6-25-15)26(20,21)18-9-10-7-11(17)14-12(8-10)23-4-2-5-24-14/h3,6-8,18H,2,4-5,9H2,1H3. The van der Waals surface area contributed by atoms with E-state index in [0.29, 0.717) is 35.3 Å². The highest BCUT2D eigenvalue weighted by atomic mass is 35.5. The molecule has 1 aromatic carbocycles. The lowest BCUT2D eigenvalue weighted by molar-refractivity contribution is 0.0602. The van der Waals surface area contributed by atoms with E-state index in [-0.39, 0.29) is 16.3 Å². The number of fused-ring (bicyclic) bond motifs is 1. The summed E-state index contributed by atoms with van der Waals surface area (Å²) in [4.78, 5) is 11.6. The molecule has 140 valence electrons. The quantitative estimate of drug-likeness (QED) is 0.752. The molecule has 10 heteroatoms. The second kappa shape index (κ2) is 7.83. The summed E-state index contributed by atoms with van der Waals surface area (Å²) in [5, 5.41) is 1.87. The van der Waals surface area contributed by atoms with Gasteiger partial charge in [-0.3, -0.25) is 0 Å². The third-order valence-electron chi connectivity index (χ3n) is 3.62. The van der Waals surface area contributed by atoms with Gasteiger partial charge >= 0.3 is 5.97 Å². The Morgan fingerprint density at radius 3 is 2.88 bits per heavy atom. The highest BCUT2D eigenvalue weighted by Crippen LogP contribution is 2.38. The molecule has 0 atom stereocenters. The summed E-state index contributed by atoms with van der Waals surface area (Å²) >= 11 is 7.22. The van der Waals surface area contributed by atoms with Gasteiger partial charge in [-0.2, -0.15) is 0 Å². The number of thiophene rings is 1. The first-order valence-electron chi connectivity index (χ1n) is 7.66. The summed E-state index contributed by atoms with van der Waals surface area (Å²) in [6.45, 7) is 0.984. The van der Waals surface area contributed by atoms with Gasteiger partial charge in [0, 0.05) is 13.0 Å². The van der Waals surface area contributed by atoms with Crippen LogP contribution in [0.25, 0.3) is 0 Å². The molecular formula is C16H16ClNO6S2. The van der Waals surface area contributed by atoms with Crippen molar-refractivity contribution in [3.63, 3.8) is 0 Å². The van der Waals surface area contributed by atoms with Crippen LogP contribution >= 0.6 is 22.9 Å². The van der Waals surface area contributed by atoms with Gasteiger partial charge in [0.15, 0.2) is 11.5 Å². The molecule has 2 aromatic rings. The maximum Gasteiger partial charge on any atom is 0.349 e. The Labute approximate surface area is 159 Å². The molecule has 0 radical (unpaired) electrons. The number of sulfonamides is 1. The minimum atomic E-state index is -3.90. The van der Waals surface area contributed by atoms with Crippen LogP contribution < -0.4 is 14.2 Å². The number of methoxy groups -OCH3 is 1. The van der Waals surface area contributed by atoms with E-state index in [4.69, 9.17) is 21.1 Å². The van der Waals surface area contributed by atoms with Gasteiger partial charge in [-0.25, -0.2) is 17.9 Å². The van der Waals surface area contributed by atoms with E-state index in [1.807, 2.05) is 0 Å². The number of nitrogens with one attached hydrogen (secondary N) is 1. The molecule has 1 aliphatic heterocycles. The lowest BCUT2D eigenvalue weighted by atomic mass is 10.2. The molecule has 0 saturated carbocycles. The zero-order valence-electron chi connectivity index (χ0n) is 13.8. The van der Waals surface area contributed by atoms with Crippen molar-refractivity contribution in [2.75, 3.05) is 20.3 Å². The van der Waals surface area contributed by atoms with Crippen molar-refractivity contribution in [2.45, 2.75) is 17.9 Å². The van der Waals surface area contributed by atoms with Crippen molar-refractivity contribution in [3.05, 3.63) is 39.0 Å². The van der Waals surface area contributed by atoms with Gasteiger partial charge in [0.05, 0.1) is 25.3 Å². The summed E-state index contributed by atoms with van der Waals surface area (Å²) in [5.74, 6) is 0.246. The van der Waals surface area contributed by atoms with Crippen molar-refractivity contribution in [1.29, 1.82) is 0 Å². The molecule has 1 aliphatic rings. The second-order valence-electron chi connectivity index (χ2n) is 5.39. The molecular weight excluding hydrogens is 402 g/mol. The van der Waals surface area contributed by atoms with Crippen LogP contribution in [0.1, 0.15) is 21.7 Å². The van der Waals surface area contributed by atoms with Crippen molar-refractivity contribution < 1.29 is 27.4 Å². The Morgan fingerprint density at radius 2 is 2.12 bits per heavy atom. The molecule has 0 saturated heterocycles. The molecule has 1 aromatic heterocycles. The number of rotatable bonds is 5. The van der Waals surface area contributed by atoms with Crippen LogP contribution in [-0.4, -0.2) is 34.7 Å². The molecule has 1 N–H and O–H groups in total. The van der Waals surface area contributed by atoms with E-state index in [9.17, 15) is 13.2 Å². The van der Waals surface area contributed by atoms with Crippen LogP contribution in [0.4, 0.5) is 0 Å². The molecule has 0 unspecified atom stereocenters. The lowest BCUT2D eigenvalue weighted by Crippen LogP contribution is -2.24. The Balaban J connectivity index is 1.81. The molecule has 0 amide bonds. The van der Waals surface area contributed by atoms with Crippen LogP contribution in [0, 0.1) is 0 Å². The average molecular weight is 418 g/mol. The fourth-order valence-electron chi connectivity index (χ4n) is 2.39. The number of hydrogen-bond acceptors (Lipinski definition) is 7. The van der Waals surface area contributed by atoms with Crippen LogP contribution in [-0.2, 0) is 21.3 Å². The van der Waals surface area contributed by atoms with Gasteiger partial charge in [-0.05, 0) is 29.1 Å². The van der Waals surface area contributed by atoms with Crippen LogP contribution in [0.5, 0.6) is 11.5 Å². The number of halogens is 1. The normalized spacial score (nSPS) is 13.9. The van der Waals surface area contributed by atoms with E-state index in [0.717, 1.165) is 17.8 Å².